The quantitative estimate of drug-likeness (QED) is 0.398. The molecular formula is C22H36O4. The van der Waals surface area contributed by atoms with Crippen molar-refractivity contribution < 1.29 is 20.1 Å². The second kappa shape index (κ2) is 10.3. The Bertz CT molecular complexity index is 508. The first-order valence-corrected chi connectivity index (χ1v) is 10.3. The number of carboxylic acids is 1. The lowest BCUT2D eigenvalue weighted by atomic mass is 9.90. The van der Waals surface area contributed by atoms with Crippen LogP contribution in [0, 0.1) is 23.7 Å². The average Bonchev–Trinajstić information content (AvgIpc) is 3.05. The lowest BCUT2D eigenvalue weighted by Gasteiger charge is -2.18. The van der Waals surface area contributed by atoms with E-state index in [1.807, 2.05) is 6.08 Å². The highest BCUT2D eigenvalue weighted by Gasteiger charge is 2.44. The van der Waals surface area contributed by atoms with Crippen molar-refractivity contribution in [2.24, 2.45) is 23.7 Å². The van der Waals surface area contributed by atoms with Crippen LogP contribution in [0.3, 0.4) is 0 Å². The summed E-state index contributed by atoms with van der Waals surface area (Å²) in [7, 11) is 0. The van der Waals surface area contributed by atoms with E-state index < -0.39 is 12.1 Å². The van der Waals surface area contributed by atoms with Crippen molar-refractivity contribution >= 4 is 5.97 Å². The van der Waals surface area contributed by atoms with Crippen LogP contribution in [0.1, 0.15) is 71.6 Å². The van der Waals surface area contributed by atoms with Gasteiger partial charge in [-0.1, -0.05) is 50.5 Å². The predicted molar refractivity (Wildman–Crippen MR) is 104 cm³/mol. The van der Waals surface area contributed by atoms with Crippen LogP contribution >= 0.6 is 0 Å². The highest BCUT2D eigenvalue weighted by atomic mass is 16.4. The van der Waals surface area contributed by atoms with Crippen molar-refractivity contribution in [1.29, 1.82) is 0 Å². The van der Waals surface area contributed by atoms with Crippen molar-refractivity contribution in [3.05, 3.63) is 23.8 Å². The normalized spacial score (nSPS) is 31.2. The zero-order chi connectivity index (χ0) is 19.1. The van der Waals surface area contributed by atoms with Crippen LogP contribution in [0.25, 0.3) is 0 Å². The minimum Gasteiger partial charge on any atom is -0.481 e. The molecule has 0 heterocycles. The Morgan fingerprint density at radius 3 is 2.69 bits per heavy atom. The number of carboxylic acid groups (broad SMARTS) is 1. The maximum Gasteiger partial charge on any atom is 0.303 e. The lowest BCUT2D eigenvalue weighted by Crippen LogP contribution is -2.17. The fourth-order valence-electron chi connectivity index (χ4n) is 4.59. The molecule has 0 bridgehead atoms. The van der Waals surface area contributed by atoms with E-state index in [0.717, 1.165) is 44.9 Å². The molecule has 0 amide bonds. The van der Waals surface area contributed by atoms with Gasteiger partial charge in [0.2, 0.25) is 0 Å². The van der Waals surface area contributed by atoms with E-state index in [9.17, 15) is 15.0 Å². The number of hydrogen-bond donors (Lipinski definition) is 3. The van der Waals surface area contributed by atoms with Gasteiger partial charge in [0.25, 0.3) is 0 Å². The van der Waals surface area contributed by atoms with Crippen LogP contribution in [0.2, 0.25) is 0 Å². The van der Waals surface area contributed by atoms with E-state index in [0.29, 0.717) is 24.2 Å². The molecule has 0 aromatic rings. The molecule has 4 nitrogen and oxygen atoms in total. The topological polar surface area (TPSA) is 77.8 Å². The van der Waals surface area contributed by atoms with E-state index in [1.165, 1.54) is 5.57 Å². The first-order valence-electron chi connectivity index (χ1n) is 10.3. The smallest absolute Gasteiger partial charge is 0.303 e. The summed E-state index contributed by atoms with van der Waals surface area (Å²) in [6.45, 7) is 4.40. The predicted octanol–water partition coefficient (Wildman–Crippen LogP) is 4.32. The summed E-state index contributed by atoms with van der Waals surface area (Å²) in [6, 6.07) is 0. The first-order chi connectivity index (χ1) is 12.4. The molecule has 0 aromatic heterocycles. The van der Waals surface area contributed by atoms with Crippen molar-refractivity contribution in [2.45, 2.75) is 83.8 Å². The Labute approximate surface area is 158 Å². The van der Waals surface area contributed by atoms with Gasteiger partial charge in [0.15, 0.2) is 0 Å². The number of carbonyl (C=O) groups is 1. The first kappa shape index (κ1) is 21.2. The average molecular weight is 365 g/mol. The summed E-state index contributed by atoms with van der Waals surface area (Å²) in [5.74, 6) is 1.08. The highest BCUT2D eigenvalue weighted by molar-refractivity contribution is 5.66. The van der Waals surface area contributed by atoms with Crippen LogP contribution in [-0.2, 0) is 4.79 Å². The number of aliphatic hydroxyl groups excluding tert-OH is 2. The number of aliphatic hydroxyl groups is 2. The van der Waals surface area contributed by atoms with Crippen LogP contribution in [-0.4, -0.2) is 33.5 Å². The molecule has 3 N–H and O–H groups in total. The van der Waals surface area contributed by atoms with Gasteiger partial charge in [-0.15, -0.1) is 0 Å². The zero-order valence-corrected chi connectivity index (χ0v) is 16.3. The maximum absolute atomic E-state index is 10.6. The fraction of sp³-hybridized carbons (Fsp3) is 0.773. The molecule has 148 valence electrons. The Morgan fingerprint density at radius 2 is 2.00 bits per heavy atom. The molecule has 2 fully saturated rings. The summed E-state index contributed by atoms with van der Waals surface area (Å²) >= 11 is 0. The summed E-state index contributed by atoms with van der Waals surface area (Å²) in [5.41, 5.74) is 1.42. The number of aliphatic carboxylic acids is 1. The van der Waals surface area contributed by atoms with Gasteiger partial charge in [-0.2, -0.15) is 0 Å². The Balaban J connectivity index is 1.81. The molecule has 0 aromatic carbocycles. The largest absolute Gasteiger partial charge is 0.481 e. The molecule has 2 aliphatic rings. The Morgan fingerprint density at radius 1 is 1.23 bits per heavy atom. The maximum atomic E-state index is 10.6. The summed E-state index contributed by atoms with van der Waals surface area (Å²) in [6.07, 6.45) is 13.1. The van der Waals surface area contributed by atoms with E-state index in [-0.39, 0.29) is 18.4 Å². The van der Waals surface area contributed by atoms with Crippen LogP contribution in [0.5, 0.6) is 0 Å². The molecule has 4 heteroatoms. The van der Waals surface area contributed by atoms with Gasteiger partial charge in [0.1, 0.15) is 0 Å². The summed E-state index contributed by atoms with van der Waals surface area (Å²) in [5, 5.41) is 29.3. The van der Waals surface area contributed by atoms with E-state index >= 15 is 0 Å². The molecule has 2 saturated carbocycles. The molecule has 0 radical (unpaired) electrons. The SMILES string of the molecule is CC(C)CCC[C@@H](O)C=C[C@@H]1[C@H]2CC(=CCCCC(=O)O)C[C@@H]2C[C@H]1O. The number of unbranched alkanes of at least 4 members (excludes halogenated alkanes) is 1. The molecule has 0 aliphatic heterocycles. The Hall–Kier alpha value is -1.13. The molecule has 5 atom stereocenters. The van der Waals surface area contributed by atoms with Crippen molar-refractivity contribution in [2.75, 3.05) is 0 Å². The lowest BCUT2D eigenvalue weighted by molar-refractivity contribution is -0.137. The molecule has 26 heavy (non-hydrogen) atoms. The molecule has 2 aliphatic carbocycles. The van der Waals surface area contributed by atoms with E-state index in [1.54, 1.807) is 0 Å². The number of hydrogen-bond acceptors (Lipinski definition) is 3. The Kier molecular flexibility index (Phi) is 8.36. The molecule has 0 saturated heterocycles. The second-order valence-electron chi connectivity index (χ2n) is 8.64. The molecule has 0 spiro atoms. The van der Waals surface area contributed by atoms with Crippen molar-refractivity contribution in [1.82, 2.24) is 0 Å². The standard InChI is InChI=1S/C22H36O4/c1-15(2)6-5-8-18(23)10-11-19-20-13-16(7-3-4-9-22(25)26)12-17(20)14-21(19)24/h7,10-11,15,17-21,23-24H,3-6,8-9,12-14H2,1-2H3,(H,25,26)/t17-,18-,19-,20+,21-/m1/s1. The third-order valence-electron chi connectivity index (χ3n) is 5.98. The van der Waals surface area contributed by atoms with E-state index in [4.69, 9.17) is 5.11 Å². The van der Waals surface area contributed by atoms with E-state index in [2.05, 4.69) is 26.0 Å². The molecule has 0 unspecified atom stereocenters. The van der Waals surface area contributed by atoms with Gasteiger partial charge in [-0.3, -0.25) is 4.79 Å². The minimum absolute atomic E-state index is 0.143. The fourth-order valence-corrected chi connectivity index (χ4v) is 4.59. The summed E-state index contributed by atoms with van der Waals surface area (Å²) < 4.78 is 0. The van der Waals surface area contributed by atoms with Gasteiger partial charge < -0.3 is 15.3 Å². The second-order valence-corrected chi connectivity index (χ2v) is 8.64. The van der Waals surface area contributed by atoms with Gasteiger partial charge in [-0.25, -0.2) is 0 Å². The number of fused-ring (bicyclic) bond motifs is 1. The molecule has 2 rings (SSSR count). The van der Waals surface area contributed by atoms with Crippen LogP contribution in [0.15, 0.2) is 23.8 Å². The zero-order valence-electron chi connectivity index (χ0n) is 16.3. The van der Waals surface area contributed by atoms with Gasteiger partial charge in [0.05, 0.1) is 12.2 Å². The number of rotatable bonds is 10. The monoisotopic (exact) mass is 364 g/mol. The minimum atomic E-state index is -0.730. The van der Waals surface area contributed by atoms with Crippen molar-refractivity contribution in [3.8, 4) is 0 Å². The van der Waals surface area contributed by atoms with Gasteiger partial charge in [-0.05, 0) is 56.3 Å². The molecular weight excluding hydrogens is 328 g/mol. The third-order valence-corrected chi connectivity index (χ3v) is 5.98. The summed E-state index contributed by atoms with van der Waals surface area (Å²) in [4.78, 5) is 10.6. The van der Waals surface area contributed by atoms with Gasteiger partial charge >= 0.3 is 5.97 Å². The highest BCUT2D eigenvalue weighted by Crippen LogP contribution is 2.50. The van der Waals surface area contributed by atoms with Gasteiger partial charge in [0, 0.05) is 12.3 Å². The number of allylic oxidation sites excluding steroid dienone is 2. The third kappa shape index (κ3) is 6.55. The van der Waals surface area contributed by atoms with Crippen LogP contribution < -0.4 is 0 Å². The van der Waals surface area contributed by atoms with Crippen molar-refractivity contribution in [3.63, 3.8) is 0 Å². The van der Waals surface area contributed by atoms with Crippen LogP contribution in [0.4, 0.5) is 0 Å².